The van der Waals surface area contributed by atoms with Gasteiger partial charge in [-0.25, -0.2) is 0 Å². The minimum atomic E-state index is -4.64. The molecule has 2 aromatic carbocycles. The fourth-order valence-corrected chi connectivity index (χ4v) is 3.22. The van der Waals surface area contributed by atoms with Crippen molar-refractivity contribution < 1.29 is 27.9 Å². The van der Waals surface area contributed by atoms with Crippen molar-refractivity contribution in [2.24, 2.45) is 11.8 Å². The molecule has 0 aromatic heterocycles. The Balaban J connectivity index is 1.75. The maximum atomic E-state index is 13.0. The van der Waals surface area contributed by atoms with Gasteiger partial charge in [-0.3, -0.25) is 9.59 Å². The Morgan fingerprint density at radius 2 is 1.76 bits per heavy atom. The zero-order valence-corrected chi connectivity index (χ0v) is 13.2. The summed E-state index contributed by atoms with van der Waals surface area (Å²) in [5, 5.41) is 11.0. The third-order valence-electron chi connectivity index (χ3n) is 4.58. The summed E-state index contributed by atoms with van der Waals surface area (Å²) in [7, 11) is 0. The summed E-state index contributed by atoms with van der Waals surface area (Å²) in [5.41, 5.74) is 0.686. The minimum absolute atomic E-state index is 0.0538. The van der Waals surface area contributed by atoms with Gasteiger partial charge < -0.3 is 10.0 Å². The average Bonchev–Trinajstić information content (AvgIpc) is 3.01. The number of carboxylic acid groups (broad SMARTS) is 1. The highest BCUT2D eigenvalue weighted by atomic mass is 19.4. The molecule has 1 aliphatic rings. The highest BCUT2D eigenvalue weighted by molar-refractivity contribution is 5.86. The molecule has 1 N–H and O–H groups in total. The number of amides is 1. The van der Waals surface area contributed by atoms with E-state index in [1.807, 2.05) is 36.4 Å². The molecule has 2 aromatic rings. The molecule has 1 aliphatic heterocycles. The highest BCUT2D eigenvalue weighted by Crippen LogP contribution is 2.37. The number of carbonyl (C=O) groups is 2. The number of carboxylic acids is 1. The van der Waals surface area contributed by atoms with Crippen LogP contribution in [0.1, 0.15) is 5.56 Å². The van der Waals surface area contributed by atoms with E-state index in [-0.39, 0.29) is 6.42 Å². The second-order valence-corrected chi connectivity index (χ2v) is 6.25. The van der Waals surface area contributed by atoms with Gasteiger partial charge in [0.25, 0.3) is 0 Å². The summed E-state index contributed by atoms with van der Waals surface area (Å²) in [6.07, 6.45) is -4.69. The molecule has 1 saturated heterocycles. The number of rotatable bonds is 3. The normalized spacial score (nSPS) is 20.8. The van der Waals surface area contributed by atoms with Gasteiger partial charge in [0.05, 0.1) is 18.3 Å². The van der Waals surface area contributed by atoms with E-state index in [9.17, 15) is 22.8 Å². The number of fused-ring (bicyclic) bond motifs is 1. The van der Waals surface area contributed by atoms with Crippen LogP contribution < -0.4 is 0 Å². The first-order valence-electron chi connectivity index (χ1n) is 7.80. The predicted octanol–water partition coefficient (Wildman–Crippen LogP) is 3.10. The van der Waals surface area contributed by atoms with Gasteiger partial charge in [0.1, 0.15) is 0 Å². The molecular formula is C18H16F3NO3. The lowest BCUT2D eigenvalue weighted by atomic mass is 9.96. The number of halogens is 3. The Morgan fingerprint density at radius 3 is 2.36 bits per heavy atom. The van der Waals surface area contributed by atoms with E-state index in [1.54, 1.807) is 6.07 Å². The van der Waals surface area contributed by atoms with E-state index < -0.39 is 43.0 Å². The van der Waals surface area contributed by atoms with E-state index in [0.29, 0.717) is 5.56 Å². The standard InChI is InChI=1S/C18H16F3NO3/c19-18(20,21)15-10-22(9-14(15)17(24)25)16(23)8-11-5-6-12-3-1-2-4-13(12)7-11/h1-7,14-15H,8-10H2,(H,24,25)/t14-,15-/m1/s1. The largest absolute Gasteiger partial charge is 0.481 e. The third kappa shape index (κ3) is 3.60. The van der Waals surface area contributed by atoms with Gasteiger partial charge >= 0.3 is 12.1 Å². The summed E-state index contributed by atoms with van der Waals surface area (Å²) in [4.78, 5) is 24.5. The van der Waals surface area contributed by atoms with Gasteiger partial charge in [-0.15, -0.1) is 0 Å². The molecule has 3 rings (SSSR count). The molecular weight excluding hydrogens is 335 g/mol. The molecule has 25 heavy (non-hydrogen) atoms. The van der Waals surface area contributed by atoms with Crippen LogP contribution in [0.15, 0.2) is 42.5 Å². The third-order valence-corrected chi connectivity index (χ3v) is 4.58. The zero-order valence-electron chi connectivity index (χ0n) is 13.2. The minimum Gasteiger partial charge on any atom is -0.481 e. The quantitative estimate of drug-likeness (QED) is 0.924. The van der Waals surface area contributed by atoms with Crippen LogP contribution in [0.25, 0.3) is 10.8 Å². The molecule has 0 saturated carbocycles. The zero-order chi connectivity index (χ0) is 18.2. The van der Waals surface area contributed by atoms with Gasteiger partial charge in [-0.2, -0.15) is 13.2 Å². The number of hydrogen-bond donors (Lipinski definition) is 1. The van der Waals surface area contributed by atoms with E-state index in [2.05, 4.69) is 0 Å². The summed E-state index contributed by atoms with van der Waals surface area (Å²) in [6.45, 7) is -1.02. The molecule has 7 heteroatoms. The summed E-state index contributed by atoms with van der Waals surface area (Å²) >= 11 is 0. The van der Waals surface area contributed by atoms with Crippen LogP contribution in [0.3, 0.4) is 0 Å². The van der Waals surface area contributed by atoms with Crippen LogP contribution in [0, 0.1) is 11.8 Å². The Kier molecular flexibility index (Phi) is 4.41. The fourth-order valence-electron chi connectivity index (χ4n) is 3.22. The number of carbonyl (C=O) groups excluding carboxylic acids is 1. The van der Waals surface area contributed by atoms with Crippen molar-refractivity contribution in [3.63, 3.8) is 0 Å². The van der Waals surface area contributed by atoms with E-state index >= 15 is 0 Å². The van der Waals surface area contributed by atoms with Gasteiger partial charge in [0, 0.05) is 13.1 Å². The fraction of sp³-hybridized carbons (Fsp3) is 0.333. The maximum Gasteiger partial charge on any atom is 0.394 e. The van der Waals surface area contributed by atoms with E-state index in [1.165, 1.54) is 0 Å². The average molecular weight is 351 g/mol. The van der Waals surface area contributed by atoms with Crippen molar-refractivity contribution in [3.05, 3.63) is 48.0 Å². The van der Waals surface area contributed by atoms with Crippen molar-refractivity contribution in [2.45, 2.75) is 12.6 Å². The molecule has 1 amide bonds. The molecule has 1 fully saturated rings. The lowest BCUT2D eigenvalue weighted by Crippen LogP contribution is -2.34. The van der Waals surface area contributed by atoms with Crippen LogP contribution in [0.5, 0.6) is 0 Å². The summed E-state index contributed by atoms with van der Waals surface area (Å²) in [5.74, 6) is -5.65. The summed E-state index contributed by atoms with van der Waals surface area (Å²) in [6, 6.07) is 13.0. The second kappa shape index (κ2) is 6.38. The van der Waals surface area contributed by atoms with Gasteiger partial charge in [0.15, 0.2) is 0 Å². The molecule has 4 nitrogen and oxygen atoms in total. The number of hydrogen-bond acceptors (Lipinski definition) is 2. The SMILES string of the molecule is O=C(O)[C@@H]1CN(C(=O)Cc2ccc3ccccc3c2)C[C@H]1C(F)(F)F. The van der Waals surface area contributed by atoms with Crippen molar-refractivity contribution in [2.75, 3.05) is 13.1 Å². The van der Waals surface area contributed by atoms with Crippen molar-refractivity contribution in [1.82, 2.24) is 4.90 Å². The first kappa shape index (κ1) is 17.3. The molecule has 1 heterocycles. The van der Waals surface area contributed by atoms with Crippen molar-refractivity contribution >= 4 is 22.6 Å². The first-order valence-corrected chi connectivity index (χ1v) is 7.80. The van der Waals surface area contributed by atoms with Crippen LogP contribution in [-0.2, 0) is 16.0 Å². The molecule has 0 radical (unpaired) electrons. The van der Waals surface area contributed by atoms with E-state index in [4.69, 9.17) is 5.11 Å². The van der Waals surface area contributed by atoms with Gasteiger partial charge in [0.2, 0.25) is 5.91 Å². The molecule has 132 valence electrons. The predicted molar refractivity (Wildman–Crippen MR) is 84.9 cm³/mol. The number of aliphatic carboxylic acids is 1. The lowest BCUT2D eigenvalue weighted by molar-refractivity contribution is -0.188. The topological polar surface area (TPSA) is 57.6 Å². The van der Waals surface area contributed by atoms with Gasteiger partial charge in [-0.1, -0.05) is 42.5 Å². The Labute approximate surface area is 141 Å². The lowest BCUT2D eigenvalue weighted by Gasteiger charge is -2.18. The van der Waals surface area contributed by atoms with E-state index in [0.717, 1.165) is 15.7 Å². The monoisotopic (exact) mass is 351 g/mol. The number of nitrogens with zero attached hydrogens (tertiary/aromatic N) is 1. The molecule has 0 bridgehead atoms. The Bertz CT molecular complexity index is 819. The number of benzene rings is 2. The smallest absolute Gasteiger partial charge is 0.394 e. The van der Waals surface area contributed by atoms with Crippen molar-refractivity contribution in [3.8, 4) is 0 Å². The molecule has 0 spiro atoms. The first-order chi connectivity index (χ1) is 11.8. The highest BCUT2D eigenvalue weighted by Gasteiger charge is 2.53. The Morgan fingerprint density at radius 1 is 1.08 bits per heavy atom. The summed E-state index contributed by atoms with van der Waals surface area (Å²) < 4.78 is 39.0. The number of alkyl halides is 3. The van der Waals surface area contributed by atoms with Crippen LogP contribution in [0.2, 0.25) is 0 Å². The Hall–Kier alpha value is -2.57. The second-order valence-electron chi connectivity index (χ2n) is 6.25. The number of likely N-dealkylation sites (tertiary alicyclic amines) is 1. The molecule has 0 aliphatic carbocycles. The van der Waals surface area contributed by atoms with Crippen LogP contribution >= 0.6 is 0 Å². The van der Waals surface area contributed by atoms with Crippen LogP contribution in [-0.4, -0.2) is 41.1 Å². The van der Waals surface area contributed by atoms with Gasteiger partial charge in [-0.05, 0) is 16.3 Å². The van der Waals surface area contributed by atoms with Crippen LogP contribution in [0.4, 0.5) is 13.2 Å². The maximum absolute atomic E-state index is 13.0. The molecule has 2 atom stereocenters. The molecule has 0 unspecified atom stereocenters. The van der Waals surface area contributed by atoms with Crippen molar-refractivity contribution in [1.29, 1.82) is 0 Å².